The minimum atomic E-state index is -4.49. The van der Waals surface area contributed by atoms with E-state index in [4.69, 9.17) is 4.74 Å². The number of nitrogens with zero attached hydrogens (tertiary/aromatic N) is 3. The molecule has 0 aliphatic carbocycles. The van der Waals surface area contributed by atoms with Gasteiger partial charge in [-0.05, 0) is 55.3 Å². The van der Waals surface area contributed by atoms with Crippen LogP contribution in [-0.2, 0) is 11.0 Å². The second-order valence-electron chi connectivity index (χ2n) is 7.29. The van der Waals surface area contributed by atoms with E-state index in [2.05, 4.69) is 15.5 Å². The van der Waals surface area contributed by atoms with Crippen molar-refractivity contribution >= 4 is 17.7 Å². The lowest BCUT2D eigenvalue weighted by Gasteiger charge is -2.15. The van der Waals surface area contributed by atoms with Crippen LogP contribution in [0.4, 0.5) is 13.2 Å². The molecule has 6 nitrogen and oxygen atoms in total. The van der Waals surface area contributed by atoms with Crippen LogP contribution in [0.25, 0.3) is 17.1 Å². The first-order valence-electron chi connectivity index (χ1n) is 10.5. The second kappa shape index (κ2) is 10.7. The van der Waals surface area contributed by atoms with E-state index >= 15 is 0 Å². The Morgan fingerprint density at radius 2 is 1.82 bits per heavy atom. The standard InChI is InChI=1S/C23H25F3N4O2S/c1-4-17(5-2)27-20(31)14-33-22-29-28-21(15-9-11-19(32-3)12-10-15)30(22)18-8-6-7-16(13-18)23(24,25)26/h6-13,17H,4-5,14H2,1-3H3,(H,27,31). The Morgan fingerprint density at radius 1 is 1.12 bits per heavy atom. The molecule has 0 saturated carbocycles. The van der Waals surface area contributed by atoms with Crippen LogP contribution in [0.3, 0.4) is 0 Å². The number of ether oxygens (including phenoxy) is 1. The monoisotopic (exact) mass is 478 g/mol. The highest BCUT2D eigenvalue weighted by Gasteiger charge is 2.31. The zero-order chi connectivity index (χ0) is 24.0. The summed E-state index contributed by atoms with van der Waals surface area (Å²) in [6, 6.07) is 12.0. The molecule has 3 aromatic rings. The number of hydrogen-bond donors (Lipinski definition) is 1. The number of rotatable bonds is 9. The van der Waals surface area contributed by atoms with Crippen LogP contribution in [0.5, 0.6) is 5.75 Å². The SMILES string of the molecule is CCC(CC)NC(=O)CSc1nnc(-c2ccc(OC)cc2)n1-c1cccc(C(F)(F)F)c1. The molecular formula is C23H25F3N4O2S. The Morgan fingerprint density at radius 3 is 2.42 bits per heavy atom. The fourth-order valence-electron chi connectivity index (χ4n) is 3.24. The van der Waals surface area contributed by atoms with Gasteiger partial charge in [0.1, 0.15) is 5.75 Å². The Labute approximate surface area is 194 Å². The van der Waals surface area contributed by atoms with E-state index in [0.29, 0.717) is 22.3 Å². The third kappa shape index (κ3) is 6.07. The van der Waals surface area contributed by atoms with Crippen LogP contribution in [0.15, 0.2) is 53.7 Å². The highest BCUT2D eigenvalue weighted by atomic mass is 32.2. The van der Waals surface area contributed by atoms with Crippen LogP contribution >= 0.6 is 11.8 Å². The number of hydrogen-bond acceptors (Lipinski definition) is 5. The van der Waals surface area contributed by atoms with Crippen molar-refractivity contribution in [1.29, 1.82) is 0 Å². The minimum Gasteiger partial charge on any atom is -0.497 e. The molecule has 0 spiro atoms. The molecule has 0 unspecified atom stereocenters. The van der Waals surface area contributed by atoms with Gasteiger partial charge in [-0.3, -0.25) is 9.36 Å². The van der Waals surface area contributed by atoms with Crippen molar-refractivity contribution in [2.75, 3.05) is 12.9 Å². The second-order valence-corrected chi connectivity index (χ2v) is 8.23. The third-order valence-electron chi connectivity index (χ3n) is 5.10. The number of aromatic nitrogens is 3. The Kier molecular flexibility index (Phi) is 8.01. The van der Waals surface area contributed by atoms with Gasteiger partial charge in [0.25, 0.3) is 0 Å². The van der Waals surface area contributed by atoms with Crippen molar-refractivity contribution in [3.8, 4) is 22.8 Å². The average Bonchev–Trinajstić information content (AvgIpc) is 3.24. The van der Waals surface area contributed by atoms with Gasteiger partial charge in [0.05, 0.1) is 24.1 Å². The molecule has 10 heteroatoms. The molecule has 33 heavy (non-hydrogen) atoms. The first-order valence-corrected chi connectivity index (χ1v) is 11.4. The van der Waals surface area contributed by atoms with Gasteiger partial charge in [0.2, 0.25) is 5.91 Å². The van der Waals surface area contributed by atoms with Gasteiger partial charge < -0.3 is 10.1 Å². The zero-order valence-electron chi connectivity index (χ0n) is 18.5. The van der Waals surface area contributed by atoms with Gasteiger partial charge in [0.15, 0.2) is 11.0 Å². The number of carbonyl (C=O) groups is 1. The molecule has 0 saturated heterocycles. The maximum Gasteiger partial charge on any atom is 0.416 e. The summed E-state index contributed by atoms with van der Waals surface area (Å²) in [5.41, 5.74) is 0.120. The first-order chi connectivity index (χ1) is 15.8. The fourth-order valence-corrected chi connectivity index (χ4v) is 4.00. The van der Waals surface area contributed by atoms with Crippen LogP contribution in [-0.4, -0.2) is 39.6 Å². The Balaban J connectivity index is 1.98. The van der Waals surface area contributed by atoms with Crippen molar-refractivity contribution in [3.63, 3.8) is 0 Å². The molecule has 1 aromatic heterocycles. The normalized spacial score (nSPS) is 11.6. The summed E-state index contributed by atoms with van der Waals surface area (Å²) >= 11 is 1.12. The molecule has 3 rings (SSSR count). The number of thioether (sulfide) groups is 1. The number of nitrogens with one attached hydrogen (secondary N) is 1. The topological polar surface area (TPSA) is 69.0 Å². The largest absolute Gasteiger partial charge is 0.497 e. The van der Waals surface area contributed by atoms with E-state index < -0.39 is 11.7 Å². The number of halogens is 3. The van der Waals surface area contributed by atoms with Crippen molar-refractivity contribution in [2.45, 2.75) is 44.1 Å². The molecular weight excluding hydrogens is 453 g/mol. The summed E-state index contributed by atoms with van der Waals surface area (Å²) in [5.74, 6) is 0.894. The average molecular weight is 479 g/mol. The van der Waals surface area contributed by atoms with E-state index in [1.807, 2.05) is 13.8 Å². The summed E-state index contributed by atoms with van der Waals surface area (Å²) in [4.78, 5) is 12.4. The summed E-state index contributed by atoms with van der Waals surface area (Å²) in [6.07, 6.45) is -2.86. The number of amides is 1. The van der Waals surface area contributed by atoms with E-state index in [1.54, 1.807) is 37.4 Å². The summed E-state index contributed by atoms with van der Waals surface area (Å²) in [6.45, 7) is 3.99. The first kappa shape index (κ1) is 24.6. The number of alkyl halides is 3. The minimum absolute atomic E-state index is 0.0657. The lowest BCUT2D eigenvalue weighted by atomic mass is 10.1. The molecule has 1 N–H and O–H groups in total. The van der Waals surface area contributed by atoms with Crippen LogP contribution in [0, 0.1) is 0 Å². The number of benzene rings is 2. The van der Waals surface area contributed by atoms with Gasteiger partial charge in [-0.15, -0.1) is 10.2 Å². The van der Waals surface area contributed by atoms with E-state index in [-0.39, 0.29) is 23.4 Å². The molecule has 0 atom stereocenters. The maximum atomic E-state index is 13.3. The molecule has 1 heterocycles. The van der Waals surface area contributed by atoms with Crippen LogP contribution < -0.4 is 10.1 Å². The van der Waals surface area contributed by atoms with E-state index in [1.165, 1.54) is 10.6 Å². The lowest BCUT2D eigenvalue weighted by molar-refractivity contribution is -0.137. The fraction of sp³-hybridized carbons (Fsp3) is 0.348. The highest BCUT2D eigenvalue weighted by Crippen LogP contribution is 2.33. The van der Waals surface area contributed by atoms with Crippen molar-refractivity contribution in [1.82, 2.24) is 20.1 Å². The lowest BCUT2D eigenvalue weighted by Crippen LogP contribution is -2.35. The molecule has 176 valence electrons. The quantitative estimate of drug-likeness (QED) is 0.420. The van der Waals surface area contributed by atoms with E-state index in [9.17, 15) is 18.0 Å². The molecule has 0 radical (unpaired) electrons. The van der Waals surface area contributed by atoms with Gasteiger partial charge in [-0.25, -0.2) is 0 Å². The summed E-state index contributed by atoms with van der Waals surface area (Å²) in [5, 5.41) is 11.7. The molecule has 1 amide bonds. The highest BCUT2D eigenvalue weighted by molar-refractivity contribution is 7.99. The smallest absolute Gasteiger partial charge is 0.416 e. The summed E-state index contributed by atoms with van der Waals surface area (Å²) < 4.78 is 46.8. The molecule has 0 aliphatic rings. The molecule has 2 aromatic carbocycles. The molecule has 0 fully saturated rings. The third-order valence-corrected chi connectivity index (χ3v) is 6.03. The Bertz CT molecular complexity index is 1080. The van der Waals surface area contributed by atoms with Gasteiger partial charge in [-0.1, -0.05) is 31.7 Å². The predicted octanol–water partition coefficient (Wildman–Crippen LogP) is 5.36. The van der Waals surface area contributed by atoms with Gasteiger partial charge >= 0.3 is 6.18 Å². The molecule has 0 bridgehead atoms. The predicted molar refractivity (Wildman–Crippen MR) is 122 cm³/mol. The van der Waals surface area contributed by atoms with Crippen molar-refractivity contribution in [3.05, 3.63) is 54.1 Å². The zero-order valence-corrected chi connectivity index (χ0v) is 19.3. The number of carbonyl (C=O) groups excluding carboxylic acids is 1. The van der Waals surface area contributed by atoms with Crippen LogP contribution in [0.1, 0.15) is 32.3 Å². The van der Waals surface area contributed by atoms with Gasteiger partial charge in [-0.2, -0.15) is 13.2 Å². The summed E-state index contributed by atoms with van der Waals surface area (Å²) in [7, 11) is 1.54. The van der Waals surface area contributed by atoms with Crippen LogP contribution in [0.2, 0.25) is 0 Å². The Hall–Kier alpha value is -3.01. The van der Waals surface area contributed by atoms with Crippen molar-refractivity contribution in [2.24, 2.45) is 0 Å². The molecule has 0 aliphatic heterocycles. The van der Waals surface area contributed by atoms with Crippen molar-refractivity contribution < 1.29 is 22.7 Å². The van der Waals surface area contributed by atoms with Gasteiger partial charge in [0, 0.05) is 11.6 Å². The van der Waals surface area contributed by atoms with E-state index in [0.717, 1.165) is 36.7 Å². The number of methoxy groups -OCH3 is 1. The maximum absolute atomic E-state index is 13.3.